The minimum atomic E-state index is 0.771. The Balaban J connectivity index is 1.84. The molecule has 1 aromatic rings. The lowest BCUT2D eigenvalue weighted by Crippen LogP contribution is -1.85. The van der Waals surface area contributed by atoms with Gasteiger partial charge >= 0.3 is 0 Å². The quantitative estimate of drug-likeness (QED) is 0.760. The lowest BCUT2D eigenvalue weighted by atomic mass is 10.1. The third-order valence-corrected chi connectivity index (χ3v) is 4.51. The Morgan fingerprint density at radius 1 is 1.33 bits per heavy atom. The van der Waals surface area contributed by atoms with Gasteiger partial charge in [0, 0.05) is 5.92 Å². The van der Waals surface area contributed by atoms with Crippen LogP contribution in [0.15, 0.2) is 4.73 Å². The van der Waals surface area contributed by atoms with Crippen molar-refractivity contribution in [2.24, 2.45) is 11.8 Å². The highest BCUT2D eigenvalue weighted by Gasteiger charge is 2.54. The zero-order valence-electron chi connectivity index (χ0n) is 6.53. The van der Waals surface area contributed by atoms with Crippen molar-refractivity contribution in [1.29, 1.82) is 0 Å². The minimum Gasteiger partial charge on any atom is -0.214 e. The van der Waals surface area contributed by atoms with Crippen molar-refractivity contribution >= 4 is 27.5 Å². The van der Waals surface area contributed by atoms with E-state index in [1.165, 1.54) is 24.3 Å². The molecule has 2 nitrogen and oxygen atoms in total. The van der Waals surface area contributed by atoms with Gasteiger partial charge in [-0.15, -0.1) is 0 Å². The summed E-state index contributed by atoms with van der Waals surface area (Å²) in [6.45, 7) is 0. The van der Waals surface area contributed by atoms with Crippen LogP contribution in [0.2, 0.25) is 0 Å². The van der Waals surface area contributed by atoms with Crippen LogP contribution >= 0.6 is 27.5 Å². The van der Waals surface area contributed by atoms with Gasteiger partial charge in [0.25, 0.3) is 0 Å². The Kier molecular flexibility index (Phi) is 1.56. The molecule has 12 heavy (non-hydrogen) atoms. The van der Waals surface area contributed by atoms with Crippen molar-refractivity contribution in [1.82, 2.24) is 9.36 Å². The molecule has 0 aliphatic heterocycles. The summed E-state index contributed by atoms with van der Waals surface area (Å²) in [5, 5.41) is 1.26. The average molecular weight is 245 g/mol. The second-order valence-electron chi connectivity index (χ2n) is 3.69. The van der Waals surface area contributed by atoms with Crippen LogP contribution in [0.3, 0.4) is 0 Å². The minimum absolute atomic E-state index is 0.771. The maximum absolute atomic E-state index is 4.38. The van der Waals surface area contributed by atoms with Gasteiger partial charge in [0.2, 0.25) is 4.73 Å². The van der Waals surface area contributed by atoms with E-state index in [2.05, 4.69) is 25.3 Å². The van der Waals surface area contributed by atoms with E-state index < -0.39 is 0 Å². The van der Waals surface area contributed by atoms with Crippen molar-refractivity contribution in [3.8, 4) is 0 Å². The smallest absolute Gasteiger partial charge is 0.209 e. The average Bonchev–Trinajstić information content (AvgIpc) is 2.55. The Bertz CT molecular complexity index is 302. The van der Waals surface area contributed by atoms with Gasteiger partial charge in [-0.2, -0.15) is 4.37 Å². The van der Waals surface area contributed by atoms with Gasteiger partial charge in [0.05, 0.1) is 0 Å². The molecule has 0 amide bonds. The van der Waals surface area contributed by atoms with Crippen LogP contribution in [0.4, 0.5) is 0 Å². The summed E-state index contributed by atoms with van der Waals surface area (Å²) in [6, 6.07) is 0. The van der Waals surface area contributed by atoms with E-state index in [0.29, 0.717) is 0 Å². The molecule has 2 aliphatic carbocycles. The van der Waals surface area contributed by atoms with Crippen molar-refractivity contribution in [2.45, 2.75) is 25.2 Å². The van der Waals surface area contributed by atoms with Crippen LogP contribution in [0, 0.1) is 11.8 Å². The molecule has 3 rings (SSSR count). The number of nitrogens with zero attached hydrogens (tertiary/aromatic N) is 2. The highest BCUT2D eigenvalue weighted by Crippen LogP contribution is 2.63. The van der Waals surface area contributed by atoms with Gasteiger partial charge < -0.3 is 0 Å². The predicted octanol–water partition coefficient (Wildman–Crippen LogP) is 2.81. The molecule has 2 atom stereocenters. The fourth-order valence-electron chi connectivity index (χ4n) is 2.54. The first-order valence-electron chi connectivity index (χ1n) is 4.35. The van der Waals surface area contributed by atoms with Gasteiger partial charge in [0.1, 0.15) is 5.01 Å². The molecule has 0 N–H and O–H groups in total. The fraction of sp³-hybridized carbons (Fsp3) is 0.750. The predicted molar refractivity (Wildman–Crippen MR) is 51.2 cm³/mol. The number of halogens is 1. The monoisotopic (exact) mass is 244 g/mol. The van der Waals surface area contributed by atoms with Crippen LogP contribution in [-0.4, -0.2) is 9.36 Å². The molecule has 0 spiro atoms. The van der Waals surface area contributed by atoms with Gasteiger partial charge in [-0.3, -0.25) is 0 Å². The standard InChI is InChI=1S/C8H9BrN2S/c9-8-10-7(12-11-8)6-4-2-1-3-5(4)6/h4-6H,1-3H2. The van der Waals surface area contributed by atoms with E-state index in [0.717, 1.165) is 22.5 Å². The Morgan fingerprint density at radius 3 is 2.67 bits per heavy atom. The molecule has 4 heteroatoms. The number of hydrogen-bond donors (Lipinski definition) is 0. The second-order valence-corrected chi connectivity index (χ2v) is 5.18. The molecule has 2 aliphatic rings. The van der Waals surface area contributed by atoms with Gasteiger partial charge in [-0.1, -0.05) is 6.42 Å². The van der Waals surface area contributed by atoms with Crippen molar-refractivity contribution in [3.63, 3.8) is 0 Å². The summed E-state index contributed by atoms with van der Waals surface area (Å²) < 4.78 is 4.92. The van der Waals surface area contributed by atoms with Crippen LogP contribution in [0.25, 0.3) is 0 Å². The van der Waals surface area contributed by atoms with E-state index in [9.17, 15) is 0 Å². The first-order valence-corrected chi connectivity index (χ1v) is 5.92. The number of aromatic nitrogens is 2. The van der Waals surface area contributed by atoms with Gasteiger partial charge in [-0.25, -0.2) is 4.98 Å². The maximum Gasteiger partial charge on any atom is 0.209 e. The first kappa shape index (κ1) is 7.44. The lowest BCUT2D eigenvalue weighted by molar-refractivity contribution is 0.679. The van der Waals surface area contributed by atoms with E-state index >= 15 is 0 Å². The highest BCUT2D eigenvalue weighted by atomic mass is 79.9. The summed E-state index contributed by atoms with van der Waals surface area (Å²) in [5.41, 5.74) is 0. The van der Waals surface area contributed by atoms with E-state index in [1.807, 2.05) is 0 Å². The van der Waals surface area contributed by atoms with Gasteiger partial charge in [-0.05, 0) is 52.1 Å². The first-order chi connectivity index (χ1) is 5.86. The van der Waals surface area contributed by atoms with E-state index in [4.69, 9.17) is 0 Å². The Morgan fingerprint density at radius 2 is 2.08 bits per heavy atom. The third kappa shape index (κ3) is 0.973. The molecule has 2 fully saturated rings. The Hall–Kier alpha value is 0.0400. The molecule has 0 radical (unpaired) electrons. The number of fused-ring (bicyclic) bond motifs is 1. The molecule has 0 bridgehead atoms. The molecule has 0 aromatic carbocycles. The van der Waals surface area contributed by atoms with Crippen molar-refractivity contribution in [2.75, 3.05) is 0 Å². The molecule has 2 unspecified atom stereocenters. The number of rotatable bonds is 1. The molecular weight excluding hydrogens is 236 g/mol. The summed E-state index contributed by atoms with van der Waals surface area (Å²) >= 11 is 4.87. The topological polar surface area (TPSA) is 25.8 Å². The van der Waals surface area contributed by atoms with E-state index in [1.54, 1.807) is 11.5 Å². The summed E-state index contributed by atoms with van der Waals surface area (Å²) in [7, 11) is 0. The zero-order chi connectivity index (χ0) is 8.13. The van der Waals surface area contributed by atoms with E-state index in [-0.39, 0.29) is 0 Å². The van der Waals surface area contributed by atoms with Crippen molar-refractivity contribution < 1.29 is 0 Å². The lowest BCUT2D eigenvalue weighted by Gasteiger charge is -1.95. The highest BCUT2D eigenvalue weighted by molar-refractivity contribution is 9.10. The normalized spacial score (nSPS) is 38.2. The zero-order valence-corrected chi connectivity index (χ0v) is 8.94. The second kappa shape index (κ2) is 2.51. The molecule has 0 saturated heterocycles. The summed E-state index contributed by atoms with van der Waals surface area (Å²) in [5.74, 6) is 2.71. The van der Waals surface area contributed by atoms with Crippen LogP contribution < -0.4 is 0 Å². The molecule has 1 heterocycles. The van der Waals surface area contributed by atoms with Gasteiger partial charge in [0.15, 0.2) is 0 Å². The maximum atomic E-state index is 4.38. The van der Waals surface area contributed by atoms with Crippen LogP contribution in [0.5, 0.6) is 0 Å². The molecule has 64 valence electrons. The van der Waals surface area contributed by atoms with Crippen molar-refractivity contribution in [3.05, 3.63) is 9.74 Å². The molecule has 1 aromatic heterocycles. The Labute approximate surface area is 83.7 Å². The third-order valence-electron chi connectivity index (χ3n) is 3.11. The fourth-order valence-corrected chi connectivity index (χ4v) is 3.87. The SMILES string of the molecule is Brc1nsc(C2C3CCCC32)n1. The number of hydrogen-bond acceptors (Lipinski definition) is 3. The largest absolute Gasteiger partial charge is 0.214 e. The van der Waals surface area contributed by atoms with Crippen LogP contribution in [-0.2, 0) is 0 Å². The molecular formula is C8H9BrN2S. The summed E-state index contributed by atoms with van der Waals surface area (Å²) in [6.07, 6.45) is 4.28. The van der Waals surface area contributed by atoms with Crippen LogP contribution in [0.1, 0.15) is 30.2 Å². The summed E-state index contributed by atoms with van der Waals surface area (Å²) in [4.78, 5) is 4.38. The molecule has 2 saturated carbocycles.